The normalized spacial score (nSPS) is 12.7. The lowest BCUT2D eigenvalue weighted by Gasteiger charge is -2.20. The van der Waals surface area contributed by atoms with E-state index in [0.717, 1.165) is 52.1 Å². The van der Waals surface area contributed by atoms with Gasteiger partial charge in [0.1, 0.15) is 11.8 Å². The summed E-state index contributed by atoms with van der Waals surface area (Å²) in [7, 11) is -0.683. The minimum atomic E-state index is -0.342. The maximum Gasteiger partial charge on any atom is 0.134 e. The molecule has 0 N–H and O–H groups in total. The van der Waals surface area contributed by atoms with Crippen LogP contribution in [0.2, 0.25) is 12.1 Å². The summed E-state index contributed by atoms with van der Waals surface area (Å²) in [5.41, 5.74) is 0. The molecule has 0 fully saturated rings. The largest absolute Gasteiger partial charge is 0.357 e. The molecule has 0 aliphatic carbocycles. The van der Waals surface area contributed by atoms with E-state index in [-0.39, 0.29) is 30.9 Å². The lowest BCUT2D eigenvalue weighted by molar-refractivity contribution is -0.0931. The maximum atomic E-state index is 5.99. The van der Waals surface area contributed by atoms with Crippen molar-refractivity contribution in [3.8, 4) is 0 Å². The molecule has 0 bridgehead atoms. The Hall–Kier alpha value is 0.274. The third-order valence-electron chi connectivity index (χ3n) is 4.34. The minimum absolute atomic E-state index is 0.113. The van der Waals surface area contributed by atoms with Crippen molar-refractivity contribution in [2.45, 2.75) is 103 Å². The predicted molar refractivity (Wildman–Crippen MR) is 118 cm³/mol. The van der Waals surface area contributed by atoms with E-state index in [4.69, 9.17) is 18.9 Å². The third kappa shape index (κ3) is 17.7. The van der Waals surface area contributed by atoms with Crippen molar-refractivity contribution < 1.29 is 18.9 Å². The third-order valence-corrected chi connectivity index (χ3v) is 9.04. The topological polar surface area (TPSA) is 36.9 Å². The highest BCUT2D eigenvalue weighted by atomic mass is 28.2. The number of unbranched alkanes of at least 4 members (excludes halogenated alkanes) is 4. The van der Waals surface area contributed by atoms with Gasteiger partial charge < -0.3 is 18.9 Å². The van der Waals surface area contributed by atoms with E-state index < -0.39 is 0 Å². The van der Waals surface area contributed by atoms with Crippen LogP contribution in [0.4, 0.5) is 0 Å². The van der Waals surface area contributed by atoms with Crippen LogP contribution in [0.1, 0.15) is 79.1 Å². The van der Waals surface area contributed by atoms with Crippen molar-refractivity contribution in [2.75, 3.05) is 26.4 Å². The fourth-order valence-corrected chi connectivity index (χ4v) is 6.80. The summed E-state index contributed by atoms with van der Waals surface area (Å²) < 4.78 is 23.9. The molecule has 0 amide bonds. The molecule has 0 heterocycles. The minimum Gasteiger partial charge on any atom is -0.357 e. The summed E-state index contributed by atoms with van der Waals surface area (Å²) in [4.78, 5) is 0. The summed E-state index contributed by atoms with van der Waals surface area (Å²) >= 11 is 0. The van der Waals surface area contributed by atoms with Gasteiger partial charge in [-0.2, -0.15) is 0 Å². The smallest absolute Gasteiger partial charge is 0.134 e. The van der Waals surface area contributed by atoms with Crippen LogP contribution in [0.3, 0.4) is 0 Å². The standard InChI is InChI=1S/C20H46O4Si2/c1-5-9-13-21-19(22-14-10-6-2)25-17-18-26-20(23-15-11-7-3)24-16-12-8-4/h19-20H,5-18,25-26H2,1-4H3. The Morgan fingerprint density at radius 3 is 1.00 bits per heavy atom. The summed E-state index contributed by atoms with van der Waals surface area (Å²) in [6.07, 6.45) is 9.27. The molecule has 0 saturated heterocycles. The number of hydrogen-bond acceptors (Lipinski definition) is 4. The van der Waals surface area contributed by atoms with Crippen LogP contribution < -0.4 is 0 Å². The molecule has 0 saturated carbocycles. The molecule has 0 atom stereocenters. The first kappa shape index (κ1) is 26.3. The Bertz CT molecular complexity index is 224. The van der Waals surface area contributed by atoms with Gasteiger partial charge in [-0.1, -0.05) is 65.5 Å². The molecule has 0 unspecified atom stereocenters. The summed E-state index contributed by atoms with van der Waals surface area (Å²) in [6.45, 7) is 12.2. The fourth-order valence-electron chi connectivity index (χ4n) is 2.49. The molecule has 0 spiro atoms. The first-order chi connectivity index (χ1) is 12.8. The van der Waals surface area contributed by atoms with E-state index in [1.807, 2.05) is 0 Å². The van der Waals surface area contributed by atoms with Gasteiger partial charge in [-0.15, -0.1) is 0 Å². The quantitative estimate of drug-likeness (QED) is 0.164. The van der Waals surface area contributed by atoms with Crippen LogP contribution in [0.15, 0.2) is 0 Å². The van der Waals surface area contributed by atoms with Crippen molar-refractivity contribution in [1.29, 1.82) is 0 Å². The molecule has 158 valence electrons. The van der Waals surface area contributed by atoms with Crippen molar-refractivity contribution in [2.24, 2.45) is 0 Å². The second-order valence-electron chi connectivity index (χ2n) is 7.04. The second kappa shape index (κ2) is 21.6. The van der Waals surface area contributed by atoms with Crippen LogP contribution in [0, 0.1) is 0 Å². The van der Waals surface area contributed by atoms with Crippen molar-refractivity contribution in [1.82, 2.24) is 0 Å². The van der Waals surface area contributed by atoms with Gasteiger partial charge in [0.2, 0.25) is 0 Å². The molecular formula is C20H46O4Si2. The average Bonchev–Trinajstić information content (AvgIpc) is 2.64. The summed E-state index contributed by atoms with van der Waals surface area (Å²) in [6, 6.07) is 2.58. The fraction of sp³-hybridized carbons (Fsp3) is 1.00. The predicted octanol–water partition coefficient (Wildman–Crippen LogP) is 3.99. The lowest BCUT2D eigenvalue weighted by atomic mass is 10.4. The molecule has 0 aromatic rings. The van der Waals surface area contributed by atoms with Gasteiger partial charge in [-0.25, -0.2) is 0 Å². The second-order valence-corrected chi connectivity index (χ2v) is 10.9. The Morgan fingerprint density at radius 1 is 0.500 bits per heavy atom. The van der Waals surface area contributed by atoms with E-state index in [0.29, 0.717) is 0 Å². The van der Waals surface area contributed by atoms with Crippen molar-refractivity contribution in [3.05, 3.63) is 0 Å². The molecule has 0 rings (SSSR count). The summed E-state index contributed by atoms with van der Waals surface area (Å²) in [5, 5.41) is 0. The molecule has 26 heavy (non-hydrogen) atoms. The molecule has 0 radical (unpaired) electrons. The highest BCUT2D eigenvalue weighted by molar-refractivity contribution is 6.43. The number of rotatable bonds is 21. The highest BCUT2D eigenvalue weighted by Gasteiger charge is 2.13. The van der Waals surface area contributed by atoms with Gasteiger partial charge in [-0.3, -0.25) is 0 Å². The zero-order valence-electron chi connectivity index (χ0n) is 18.1. The number of hydrogen-bond donors (Lipinski definition) is 0. The average molecular weight is 407 g/mol. The van der Waals surface area contributed by atoms with E-state index in [1.54, 1.807) is 0 Å². The Morgan fingerprint density at radius 2 is 0.769 bits per heavy atom. The Labute approximate surface area is 167 Å². The van der Waals surface area contributed by atoms with Gasteiger partial charge in [0.05, 0.1) is 19.0 Å². The van der Waals surface area contributed by atoms with Gasteiger partial charge in [0.15, 0.2) is 0 Å². The van der Waals surface area contributed by atoms with Crippen molar-refractivity contribution in [3.63, 3.8) is 0 Å². The van der Waals surface area contributed by atoms with Crippen LogP contribution in [-0.2, 0) is 18.9 Å². The molecule has 6 heteroatoms. The van der Waals surface area contributed by atoms with Crippen LogP contribution >= 0.6 is 0 Å². The first-order valence-electron chi connectivity index (χ1n) is 11.2. The van der Waals surface area contributed by atoms with E-state index in [1.165, 1.54) is 37.8 Å². The molecule has 0 aliphatic rings. The van der Waals surface area contributed by atoms with Crippen LogP contribution in [0.25, 0.3) is 0 Å². The van der Waals surface area contributed by atoms with Gasteiger partial charge in [0.25, 0.3) is 0 Å². The summed E-state index contributed by atoms with van der Waals surface area (Å²) in [5.74, 6) is 0.227. The lowest BCUT2D eigenvalue weighted by Crippen LogP contribution is -2.28. The van der Waals surface area contributed by atoms with Gasteiger partial charge in [0, 0.05) is 26.4 Å². The Balaban J connectivity index is 4.04. The van der Waals surface area contributed by atoms with Gasteiger partial charge >= 0.3 is 0 Å². The molecular weight excluding hydrogens is 360 g/mol. The van der Waals surface area contributed by atoms with Crippen LogP contribution in [0.5, 0.6) is 0 Å². The molecule has 0 aromatic carbocycles. The van der Waals surface area contributed by atoms with Crippen LogP contribution in [-0.4, -0.2) is 57.3 Å². The zero-order valence-corrected chi connectivity index (χ0v) is 20.9. The van der Waals surface area contributed by atoms with Gasteiger partial charge in [-0.05, 0) is 25.7 Å². The van der Waals surface area contributed by atoms with E-state index >= 15 is 0 Å². The Kier molecular flexibility index (Phi) is 21.8. The molecule has 0 aliphatic heterocycles. The first-order valence-corrected chi connectivity index (χ1v) is 14.9. The highest BCUT2D eigenvalue weighted by Crippen LogP contribution is 2.06. The molecule has 0 aromatic heterocycles. The molecule has 4 nitrogen and oxygen atoms in total. The van der Waals surface area contributed by atoms with E-state index in [9.17, 15) is 0 Å². The number of ether oxygens (including phenoxy) is 4. The SMILES string of the molecule is CCCCOC(OCCCC)[SiH2]CC[SiH2]C(OCCCC)OCCCC. The van der Waals surface area contributed by atoms with E-state index in [2.05, 4.69) is 27.7 Å². The zero-order chi connectivity index (χ0) is 19.3. The van der Waals surface area contributed by atoms with Crippen molar-refractivity contribution >= 4 is 19.0 Å². The maximum absolute atomic E-state index is 5.99. The monoisotopic (exact) mass is 406 g/mol.